The molecule has 2 aromatic carbocycles. The summed E-state index contributed by atoms with van der Waals surface area (Å²) < 4.78 is 27.7. The second-order valence-corrected chi connectivity index (χ2v) is 4.96. The van der Waals surface area contributed by atoms with E-state index in [2.05, 4.69) is 15.9 Å². The van der Waals surface area contributed by atoms with Crippen molar-refractivity contribution >= 4 is 27.5 Å². The van der Waals surface area contributed by atoms with Crippen LogP contribution >= 0.6 is 27.5 Å². The summed E-state index contributed by atoms with van der Waals surface area (Å²) in [4.78, 5) is 0. The van der Waals surface area contributed by atoms with Crippen LogP contribution in [0.1, 0.15) is 5.56 Å². The van der Waals surface area contributed by atoms with E-state index in [0.717, 1.165) is 0 Å². The summed E-state index contributed by atoms with van der Waals surface area (Å²) in [7, 11) is 0. The summed E-state index contributed by atoms with van der Waals surface area (Å²) in [5.74, 6) is -0.949. The molecular weight excluding hydrogens is 324 g/mol. The summed E-state index contributed by atoms with van der Waals surface area (Å²) in [6.07, 6.45) is 0. The first-order valence-electron chi connectivity index (χ1n) is 5.17. The molecule has 0 aromatic heterocycles. The van der Waals surface area contributed by atoms with Gasteiger partial charge in [0.1, 0.15) is 5.82 Å². The van der Waals surface area contributed by atoms with Gasteiger partial charge in [0.2, 0.25) is 0 Å². The van der Waals surface area contributed by atoms with Crippen LogP contribution < -0.4 is 5.73 Å². The molecule has 18 heavy (non-hydrogen) atoms. The van der Waals surface area contributed by atoms with Crippen LogP contribution in [0.4, 0.5) is 8.78 Å². The number of nitrogens with two attached hydrogens (primary N) is 1. The summed E-state index contributed by atoms with van der Waals surface area (Å²) >= 11 is 8.98. The van der Waals surface area contributed by atoms with Crippen molar-refractivity contribution in [1.29, 1.82) is 0 Å². The fraction of sp³-hybridized carbons (Fsp3) is 0.0769. The highest BCUT2D eigenvalue weighted by Gasteiger charge is 2.14. The average molecular weight is 333 g/mol. The highest BCUT2D eigenvalue weighted by molar-refractivity contribution is 9.10. The highest BCUT2D eigenvalue weighted by Crippen LogP contribution is 2.34. The van der Waals surface area contributed by atoms with Crippen molar-refractivity contribution in [2.24, 2.45) is 5.73 Å². The Hall–Kier alpha value is -0.970. The molecule has 0 heterocycles. The maximum absolute atomic E-state index is 14.1. The van der Waals surface area contributed by atoms with Crippen LogP contribution in [0, 0.1) is 11.6 Å². The third-order valence-electron chi connectivity index (χ3n) is 2.61. The Balaban J connectivity index is 2.66. The fourth-order valence-electron chi connectivity index (χ4n) is 1.73. The van der Waals surface area contributed by atoms with Gasteiger partial charge in [-0.1, -0.05) is 23.7 Å². The van der Waals surface area contributed by atoms with Crippen LogP contribution in [0.15, 0.2) is 34.8 Å². The van der Waals surface area contributed by atoms with Crippen molar-refractivity contribution in [1.82, 2.24) is 0 Å². The van der Waals surface area contributed by atoms with Crippen LogP contribution in [-0.2, 0) is 6.54 Å². The smallest absolute Gasteiger partial charge is 0.150 e. The minimum Gasteiger partial charge on any atom is -0.326 e. The van der Waals surface area contributed by atoms with E-state index in [1.807, 2.05) is 0 Å². The van der Waals surface area contributed by atoms with E-state index in [4.69, 9.17) is 17.3 Å². The number of benzene rings is 2. The third-order valence-corrected chi connectivity index (χ3v) is 3.87. The van der Waals surface area contributed by atoms with Gasteiger partial charge in [-0.15, -0.1) is 0 Å². The molecule has 0 saturated heterocycles. The zero-order valence-electron chi connectivity index (χ0n) is 9.18. The molecule has 0 aliphatic rings. The van der Waals surface area contributed by atoms with Gasteiger partial charge in [-0.25, -0.2) is 8.78 Å². The van der Waals surface area contributed by atoms with Crippen molar-refractivity contribution in [3.8, 4) is 11.1 Å². The lowest BCUT2D eigenvalue weighted by Gasteiger charge is -2.10. The van der Waals surface area contributed by atoms with E-state index in [0.29, 0.717) is 21.2 Å². The summed E-state index contributed by atoms with van der Waals surface area (Å²) in [6, 6.07) is 7.29. The van der Waals surface area contributed by atoms with Crippen molar-refractivity contribution in [2.75, 3.05) is 0 Å². The van der Waals surface area contributed by atoms with E-state index in [-0.39, 0.29) is 11.6 Å². The zero-order valence-corrected chi connectivity index (χ0v) is 11.5. The van der Waals surface area contributed by atoms with Crippen molar-refractivity contribution < 1.29 is 8.78 Å². The monoisotopic (exact) mass is 331 g/mol. The largest absolute Gasteiger partial charge is 0.326 e. The highest BCUT2D eigenvalue weighted by atomic mass is 79.9. The Morgan fingerprint density at radius 1 is 1.11 bits per heavy atom. The van der Waals surface area contributed by atoms with Crippen LogP contribution in [0.3, 0.4) is 0 Å². The van der Waals surface area contributed by atoms with Gasteiger partial charge in [-0.2, -0.15) is 0 Å². The maximum atomic E-state index is 14.1. The van der Waals surface area contributed by atoms with Gasteiger partial charge in [0, 0.05) is 16.6 Å². The third kappa shape index (κ3) is 2.41. The normalized spacial score (nSPS) is 10.7. The molecule has 0 radical (unpaired) electrons. The number of halogens is 4. The SMILES string of the molecule is NCc1cc(F)ccc1-c1ccc(Br)c(Cl)c1F. The Kier molecular flexibility index (Phi) is 4.00. The molecule has 0 fully saturated rings. The predicted molar refractivity (Wildman–Crippen MR) is 72.4 cm³/mol. The molecule has 0 unspecified atom stereocenters. The second-order valence-electron chi connectivity index (χ2n) is 3.73. The van der Waals surface area contributed by atoms with Crippen molar-refractivity contribution in [3.05, 3.63) is 57.0 Å². The lowest BCUT2D eigenvalue weighted by Crippen LogP contribution is -2.01. The van der Waals surface area contributed by atoms with Gasteiger partial charge in [-0.05, 0) is 45.3 Å². The van der Waals surface area contributed by atoms with E-state index in [1.54, 1.807) is 12.1 Å². The standard InChI is InChI=1S/C13H9BrClF2N/c14-11-4-3-10(13(17)12(11)15)9-2-1-8(16)5-7(9)6-18/h1-5H,6,18H2. The van der Waals surface area contributed by atoms with E-state index < -0.39 is 11.6 Å². The molecule has 5 heteroatoms. The molecule has 0 aliphatic heterocycles. The first kappa shape index (κ1) is 13.5. The van der Waals surface area contributed by atoms with Crippen LogP contribution in [0.25, 0.3) is 11.1 Å². The van der Waals surface area contributed by atoms with Gasteiger partial charge >= 0.3 is 0 Å². The Morgan fingerprint density at radius 3 is 2.44 bits per heavy atom. The fourth-order valence-corrected chi connectivity index (χ4v) is 2.20. The summed E-state index contributed by atoms with van der Waals surface area (Å²) in [6.45, 7) is 0.125. The quantitative estimate of drug-likeness (QED) is 0.805. The van der Waals surface area contributed by atoms with Crippen LogP contribution in [0.2, 0.25) is 5.02 Å². The zero-order chi connectivity index (χ0) is 13.3. The average Bonchev–Trinajstić information content (AvgIpc) is 2.37. The van der Waals surface area contributed by atoms with Crippen molar-refractivity contribution in [3.63, 3.8) is 0 Å². The molecule has 0 spiro atoms. The van der Waals surface area contributed by atoms with Gasteiger partial charge in [-0.3, -0.25) is 0 Å². The minimum absolute atomic E-state index is 0.000188. The Labute approximate surface area is 117 Å². The van der Waals surface area contributed by atoms with Gasteiger partial charge < -0.3 is 5.73 Å². The van der Waals surface area contributed by atoms with Gasteiger partial charge in [0.15, 0.2) is 5.82 Å². The summed E-state index contributed by atoms with van der Waals surface area (Å²) in [5.41, 5.74) is 6.93. The number of hydrogen-bond donors (Lipinski definition) is 1. The first-order chi connectivity index (χ1) is 8.54. The number of hydrogen-bond acceptors (Lipinski definition) is 1. The molecule has 1 nitrogen and oxygen atoms in total. The molecule has 2 N–H and O–H groups in total. The number of rotatable bonds is 2. The van der Waals surface area contributed by atoms with Crippen LogP contribution in [0.5, 0.6) is 0 Å². The second kappa shape index (κ2) is 5.34. The molecule has 0 atom stereocenters. The van der Waals surface area contributed by atoms with Gasteiger partial charge in [0.05, 0.1) is 5.02 Å². The van der Waals surface area contributed by atoms with E-state index in [9.17, 15) is 8.78 Å². The minimum atomic E-state index is -0.549. The van der Waals surface area contributed by atoms with Gasteiger partial charge in [0.25, 0.3) is 0 Å². The molecule has 2 aromatic rings. The topological polar surface area (TPSA) is 26.0 Å². The molecule has 2 rings (SSSR count). The Bertz CT molecular complexity index is 602. The molecule has 0 saturated carbocycles. The molecule has 94 valence electrons. The Morgan fingerprint density at radius 2 is 1.78 bits per heavy atom. The van der Waals surface area contributed by atoms with E-state index >= 15 is 0 Å². The van der Waals surface area contributed by atoms with E-state index in [1.165, 1.54) is 18.2 Å². The molecule has 0 bridgehead atoms. The van der Waals surface area contributed by atoms with Crippen molar-refractivity contribution in [2.45, 2.75) is 6.54 Å². The molecule has 0 aliphatic carbocycles. The first-order valence-corrected chi connectivity index (χ1v) is 6.34. The maximum Gasteiger partial charge on any atom is 0.150 e. The van der Waals surface area contributed by atoms with Crippen LogP contribution in [-0.4, -0.2) is 0 Å². The molecule has 0 amide bonds. The summed E-state index contributed by atoms with van der Waals surface area (Å²) in [5, 5.41) is -0.000188. The molecular formula is C13H9BrClF2N. The predicted octanol–water partition coefficient (Wildman–Crippen LogP) is 4.51. The lowest BCUT2D eigenvalue weighted by molar-refractivity contribution is 0.623. The lowest BCUT2D eigenvalue weighted by atomic mass is 9.99.